The molecule has 0 spiro atoms. The molecule has 0 bridgehead atoms. The molecule has 0 aromatic heterocycles. The third-order valence-corrected chi connectivity index (χ3v) is 3.42. The molecule has 5 heteroatoms. The minimum atomic E-state index is -4.44. The van der Waals surface area contributed by atoms with E-state index in [4.69, 9.17) is 11.6 Å². The Morgan fingerprint density at radius 2 is 1.88 bits per heavy atom. The van der Waals surface area contributed by atoms with E-state index in [0.29, 0.717) is 18.4 Å². The summed E-state index contributed by atoms with van der Waals surface area (Å²) >= 11 is 5.68. The summed E-state index contributed by atoms with van der Waals surface area (Å²) in [5, 5.41) is 0.0161. The van der Waals surface area contributed by atoms with Crippen molar-refractivity contribution in [2.75, 3.05) is 0 Å². The molecule has 1 aromatic carbocycles. The van der Waals surface area contributed by atoms with Crippen molar-refractivity contribution >= 4 is 17.4 Å². The SMILES string of the molecule is CC(=O)C1(c2cc(Cl)cc(C(F)(F)F)c2)CC1. The highest BCUT2D eigenvalue weighted by Crippen LogP contribution is 2.50. The third kappa shape index (κ3) is 2.18. The van der Waals surface area contributed by atoms with Gasteiger partial charge in [0.05, 0.1) is 11.0 Å². The monoisotopic (exact) mass is 262 g/mol. The summed E-state index contributed by atoms with van der Waals surface area (Å²) in [6, 6.07) is 3.35. The van der Waals surface area contributed by atoms with E-state index in [9.17, 15) is 18.0 Å². The normalized spacial score (nSPS) is 17.9. The van der Waals surface area contributed by atoms with Crippen LogP contribution >= 0.6 is 11.6 Å². The summed E-state index contributed by atoms with van der Waals surface area (Å²) < 4.78 is 37.8. The van der Waals surface area contributed by atoms with Gasteiger partial charge < -0.3 is 0 Å². The van der Waals surface area contributed by atoms with Gasteiger partial charge in [-0.15, -0.1) is 0 Å². The van der Waals surface area contributed by atoms with Crippen LogP contribution in [0.3, 0.4) is 0 Å². The van der Waals surface area contributed by atoms with Crippen LogP contribution in [0.2, 0.25) is 5.02 Å². The van der Waals surface area contributed by atoms with Crippen LogP contribution in [0.25, 0.3) is 0 Å². The Bertz CT molecular complexity index is 475. The van der Waals surface area contributed by atoms with Gasteiger partial charge in [-0.1, -0.05) is 11.6 Å². The number of halogens is 4. The third-order valence-electron chi connectivity index (χ3n) is 3.20. The predicted molar refractivity (Wildman–Crippen MR) is 58.0 cm³/mol. The minimum absolute atomic E-state index is 0.0161. The molecule has 1 aromatic rings. The molecule has 0 unspecified atom stereocenters. The lowest BCUT2D eigenvalue weighted by molar-refractivity contribution is -0.137. The molecule has 1 aliphatic rings. The topological polar surface area (TPSA) is 17.1 Å². The van der Waals surface area contributed by atoms with Gasteiger partial charge in [-0.3, -0.25) is 4.79 Å². The summed E-state index contributed by atoms with van der Waals surface area (Å²) in [5.41, 5.74) is -1.15. The fourth-order valence-corrected chi connectivity index (χ4v) is 2.23. The van der Waals surface area contributed by atoms with Gasteiger partial charge in [0.2, 0.25) is 0 Å². The molecule has 1 saturated carbocycles. The number of carbonyl (C=O) groups excluding carboxylic acids is 1. The number of hydrogen-bond acceptors (Lipinski definition) is 1. The van der Waals surface area contributed by atoms with Crippen LogP contribution in [0.4, 0.5) is 13.2 Å². The number of benzene rings is 1. The van der Waals surface area contributed by atoms with Crippen LogP contribution in [-0.4, -0.2) is 5.78 Å². The number of hydrogen-bond donors (Lipinski definition) is 0. The largest absolute Gasteiger partial charge is 0.416 e. The van der Waals surface area contributed by atoms with Gasteiger partial charge in [-0.25, -0.2) is 0 Å². The second kappa shape index (κ2) is 3.73. The highest BCUT2D eigenvalue weighted by Gasteiger charge is 2.49. The van der Waals surface area contributed by atoms with Crippen molar-refractivity contribution in [3.63, 3.8) is 0 Å². The second-order valence-corrected chi connectivity index (χ2v) is 4.80. The molecule has 0 heterocycles. The quantitative estimate of drug-likeness (QED) is 0.788. The lowest BCUT2D eigenvalue weighted by Gasteiger charge is -2.15. The predicted octanol–water partition coefficient (Wildman–Crippen LogP) is 3.98. The Balaban J connectivity index is 2.50. The molecule has 17 heavy (non-hydrogen) atoms. The summed E-state index contributed by atoms with van der Waals surface area (Å²) in [6.45, 7) is 1.40. The van der Waals surface area contributed by atoms with Crippen molar-refractivity contribution < 1.29 is 18.0 Å². The Kier molecular flexibility index (Phi) is 2.73. The number of Topliss-reactive ketones (excluding diaryl/α,β-unsaturated/α-hetero) is 1. The van der Waals surface area contributed by atoms with E-state index in [1.165, 1.54) is 13.0 Å². The van der Waals surface area contributed by atoms with Gasteiger partial charge in [0.1, 0.15) is 5.78 Å². The van der Waals surface area contributed by atoms with E-state index in [-0.39, 0.29) is 10.8 Å². The van der Waals surface area contributed by atoms with Crippen LogP contribution in [0.5, 0.6) is 0 Å². The molecule has 92 valence electrons. The van der Waals surface area contributed by atoms with E-state index < -0.39 is 17.2 Å². The molecule has 1 fully saturated rings. The zero-order valence-electron chi connectivity index (χ0n) is 9.07. The molecule has 1 aliphatic carbocycles. The van der Waals surface area contributed by atoms with E-state index in [2.05, 4.69) is 0 Å². The van der Waals surface area contributed by atoms with Crippen LogP contribution in [-0.2, 0) is 16.4 Å². The maximum atomic E-state index is 12.6. The first kappa shape index (κ1) is 12.4. The van der Waals surface area contributed by atoms with Crippen molar-refractivity contribution in [3.8, 4) is 0 Å². The smallest absolute Gasteiger partial charge is 0.299 e. The van der Waals surface area contributed by atoms with Crippen LogP contribution in [0.15, 0.2) is 18.2 Å². The van der Waals surface area contributed by atoms with E-state index >= 15 is 0 Å². The first-order valence-corrected chi connectivity index (χ1v) is 5.53. The Hall–Kier alpha value is -1.03. The first-order chi connectivity index (χ1) is 7.75. The Labute approximate surface area is 102 Å². The summed E-state index contributed by atoms with van der Waals surface area (Å²) in [4.78, 5) is 11.5. The molecular weight excluding hydrogens is 253 g/mol. The molecule has 0 radical (unpaired) electrons. The average Bonchev–Trinajstić information content (AvgIpc) is 2.95. The minimum Gasteiger partial charge on any atom is -0.299 e. The Morgan fingerprint density at radius 3 is 2.29 bits per heavy atom. The maximum Gasteiger partial charge on any atom is 0.416 e. The molecule has 0 saturated heterocycles. The lowest BCUT2D eigenvalue weighted by Crippen LogP contribution is -2.18. The molecule has 2 rings (SSSR count). The molecule has 0 N–H and O–H groups in total. The van der Waals surface area contributed by atoms with Gasteiger partial charge in [0, 0.05) is 5.02 Å². The average molecular weight is 263 g/mol. The van der Waals surface area contributed by atoms with Crippen LogP contribution in [0.1, 0.15) is 30.9 Å². The molecule has 0 amide bonds. The highest BCUT2D eigenvalue weighted by atomic mass is 35.5. The van der Waals surface area contributed by atoms with E-state index in [1.807, 2.05) is 0 Å². The van der Waals surface area contributed by atoms with Crippen molar-refractivity contribution in [2.45, 2.75) is 31.4 Å². The standard InChI is InChI=1S/C12H10ClF3O/c1-7(17)11(2-3-11)8-4-9(12(14,15)16)6-10(13)5-8/h4-6H,2-3H2,1H3. The fraction of sp³-hybridized carbons (Fsp3) is 0.417. The summed E-state index contributed by atoms with van der Waals surface area (Å²) in [5.74, 6) is -0.104. The number of alkyl halides is 3. The van der Waals surface area contributed by atoms with E-state index in [1.54, 1.807) is 0 Å². The number of carbonyl (C=O) groups is 1. The molecule has 1 nitrogen and oxygen atoms in total. The van der Waals surface area contributed by atoms with Crippen LogP contribution in [0, 0.1) is 0 Å². The van der Waals surface area contributed by atoms with Crippen molar-refractivity contribution in [2.24, 2.45) is 0 Å². The van der Waals surface area contributed by atoms with Gasteiger partial charge in [0.25, 0.3) is 0 Å². The van der Waals surface area contributed by atoms with Crippen LogP contribution < -0.4 is 0 Å². The number of rotatable bonds is 2. The lowest BCUT2D eigenvalue weighted by atomic mass is 9.91. The van der Waals surface area contributed by atoms with Crippen molar-refractivity contribution in [1.29, 1.82) is 0 Å². The van der Waals surface area contributed by atoms with Crippen molar-refractivity contribution in [3.05, 3.63) is 34.3 Å². The summed E-state index contributed by atoms with van der Waals surface area (Å²) in [7, 11) is 0. The Morgan fingerprint density at radius 1 is 1.29 bits per heavy atom. The van der Waals surface area contributed by atoms with Gasteiger partial charge in [0.15, 0.2) is 0 Å². The van der Waals surface area contributed by atoms with Crippen molar-refractivity contribution in [1.82, 2.24) is 0 Å². The fourth-order valence-electron chi connectivity index (χ4n) is 2.00. The zero-order valence-corrected chi connectivity index (χ0v) is 9.82. The van der Waals surface area contributed by atoms with Gasteiger partial charge in [-0.2, -0.15) is 13.2 Å². The molecule has 0 aliphatic heterocycles. The summed E-state index contributed by atoms with van der Waals surface area (Å²) in [6.07, 6.45) is -3.24. The number of ketones is 1. The van der Waals surface area contributed by atoms with Gasteiger partial charge in [-0.05, 0) is 43.5 Å². The molecular formula is C12H10ClF3O. The zero-order chi connectivity index (χ0) is 12.8. The highest BCUT2D eigenvalue weighted by molar-refractivity contribution is 6.30. The van der Waals surface area contributed by atoms with E-state index in [0.717, 1.165) is 12.1 Å². The maximum absolute atomic E-state index is 12.6. The second-order valence-electron chi connectivity index (χ2n) is 4.36. The first-order valence-electron chi connectivity index (χ1n) is 5.15. The molecule has 0 atom stereocenters. The van der Waals surface area contributed by atoms with Gasteiger partial charge >= 0.3 is 6.18 Å².